The van der Waals surface area contributed by atoms with Gasteiger partial charge in [-0.05, 0) is 49.4 Å². The second-order valence-corrected chi connectivity index (χ2v) is 7.17. The summed E-state index contributed by atoms with van der Waals surface area (Å²) in [6.07, 6.45) is 10.8. The van der Waals surface area contributed by atoms with Crippen molar-refractivity contribution in [3.8, 4) is 0 Å². The molecule has 154 valence electrons. The van der Waals surface area contributed by atoms with Crippen molar-refractivity contribution >= 4 is 5.91 Å². The first-order chi connectivity index (χ1) is 13.5. The lowest BCUT2D eigenvalue weighted by molar-refractivity contribution is -0.122. The molecule has 0 spiro atoms. The molecule has 0 aliphatic rings. The number of allylic oxidation sites excluding steroid dienone is 2. The monoisotopic (exact) mass is 384 g/mol. The van der Waals surface area contributed by atoms with Crippen LogP contribution in [0.15, 0.2) is 66.9 Å². The smallest absolute Gasteiger partial charge is 0.220 e. The molecule has 1 aromatic carbocycles. The average molecular weight is 385 g/mol. The largest absolute Gasteiger partial charge is 0.394 e. The molecular weight excluding hydrogens is 348 g/mol. The van der Waals surface area contributed by atoms with Gasteiger partial charge in [0, 0.05) is 12.5 Å². The molecule has 28 heavy (non-hydrogen) atoms. The molecule has 0 saturated carbocycles. The summed E-state index contributed by atoms with van der Waals surface area (Å²) in [5, 5.41) is 16.1. The van der Waals surface area contributed by atoms with Crippen molar-refractivity contribution in [2.75, 3.05) is 6.61 Å². The summed E-state index contributed by atoms with van der Waals surface area (Å²) in [7, 11) is 0. The van der Waals surface area contributed by atoms with E-state index in [1.54, 1.807) is 0 Å². The number of hydrogen-bond acceptors (Lipinski definition) is 3. The fourth-order valence-electron chi connectivity index (χ4n) is 2.81. The summed E-state index contributed by atoms with van der Waals surface area (Å²) in [6.45, 7) is 10.1. The molecule has 0 bridgehead atoms. The van der Waals surface area contributed by atoms with Crippen LogP contribution in [0.2, 0.25) is 0 Å². The van der Waals surface area contributed by atoms with E-state index in [9.17, 15) is 9.90 Å². The summed E-state index contributed by atoms with van der Waals surface area (Å²) in [6, 6.07) is 9.86. The fourth-order valence-corrected chi connectivity index (χ4v) is 2.81. The molecule has 0 aliphatic heterocycles. The van der Waals surface area contributed by atoms with Crippen LogP contribution in [0.3, 0.4) is 0 Å². The number of aliphatic hydroxyl groups is 1. The third-order valence-corrected chi connectivity index (χ3v) is 4.68. The van der Waals surface area contributed by atoms with Crippen LogP contribution in [0.25, 0.3) is 0 Å². The Bertz CT molecular complexity index is 637. The molecule has 0 radical (unpaired) electrons. The molecule has 1 aromatic rings. The lowest BCUT2D eigenvalue weighted by Crippen LogP contribution is -2.38. The lowest BCUT2D eigenvalue weighted by atomic mass is 9.95. The standard InChI is InChI=1S/C24H36N2O2/c1-5-7-11-20(4)25-17-22(19(3)6-2)16-23(18-27)26-24(28)15-14-21-12-9-8-10-13-21/h6-13,17,19-20,23,25,27H,2,5,14-16,18H2,1,3-4H3,(H,26,28)/b11-7-,22-17-. The number of hydrogen-bond donors (Lipinski definition) is 3. The zero-order chi connectivity index (χ0) is 20.8. The average Bonchev–Trinajstić information content (AvgIpc) is 2.72. The summed E-state index contributed by atoms with van der Waals surface area (Å²) in [4.78, 5) is 12.3. The second-order valence-electron chi connectivity index (χ2n) is 7.17. The van der Waals surface area contributed by atoms with Crippen molar-refractivity contribution in [3.63, 3.8) is 0 Å². The highest BCUT2D eigenvalue weighted by molar-refractivity contribution is 5.76. The number of carbonyl (C=O) groups is 1. The number of benzene rings is 1. The first-order valence-corrected chi connectivity index (χ1v) is 10.2. The molecular formula is C24H36N2O2. The zero-order valence-electron chi connectivity index (χ0n) is 17.5. The van der Waals surface area contributed by atoms with Crippen LogP contribution in [0.5, 0.6) is 0 Å². The molecule has 1 rings (SSSR count). The third-order valence-electron chi connectivity index (χ3n) is 4.68. The van der Waals surface area contributed by atoms with Crippen LogP contribution in [-0.2, 0) is 11.2 Å². The van der Waals surface area contributed by atoms with E-state index in [2.05, 4.69) is 50.1 Å². The van der Waals surface area contributed by atoms with Crippen molar-refractivity contribution in [1.82, 2.24) is 10.6 Å². The van der Waals surface area contributed by atoms with Gasteiger partial charge in [-0.3, -0.25) is 4.79 Å². The predicted molar refractivity (Wildman–Crippen MR) is 118 cm³/mol. The van der Waals surface area contributed by atoms with Crippen LogP contribution in [0.4, 0.5) is 0 Å². The number of nitrogens with one attached hydrogen (secondary N) is 2. The predicted octanol–water partition coefficient (Wildman–Crippen LogP) is 4.14. The molecule has 3 atom stereocenters. The first-order valence-electron chi connectivity index (χ1n) is 10.2. The van der Waals surface area contributed by atoms with Crippen LogP contribution in [0, 0.1) is 5.92 Å². The van der Waals surface area contributed by atoms with Gasteiger partial charge in [0.25, 0.3) is 0 Å². The molecule has 3 N–H and O–H groups in total. The Morgan fingerprint density at radius 2 is 1.96 bits per heavy atom. The quantitative estimate of drug-likeness (QED) is 0.448. The number of amides is 1. The highest BCUT2D eigenvalue weighted by Gasteiger charge is 2.16. The van der Waals surface area contributed by atoms with Gasteiger partial charge < -0.3 is 15.7 Å². The number of rotatable bonds is 13. The van der Waals surface area contributed by atoms with E-state index >= 15 is 0 Å². The fraction of sp³-hybridized carbons (Fsp3) is 0.458. The van der Waals surface area contributed by atoms with Gasteiger partial charge in [-0.1, -0.05) is 62.4 Å². The van der Waals surface area contributed by atoms with E-state index in [0.29, 0.717) is 19.3 Å². The zero-order valence-corrected chi connectivity index (χ0v) is 17.5. The van der Waals surface area contributed by atoms with E-state index in [0.717, 1.165) is 17.6 Å². The van der Waals surface area contributed by atoms with E-state index in [1.165, 1.54) is 0 Å². The van der Waals surface area contributed by atoms with Gasteiger partial charge >= 0.3 is 0 Å². The maximum absolute atomic E-state index is 12.3. The Balaban J connectivity index is 2.63. The van der Waals surface area contributed by atoms with Gasteiger partial charge in [-0.25, -0.2) is 0 Å². The normalized spacial score (nSPS) is 15.1. The van der Waals surface area contributed by atoms with Gasteiger partial charge in [0.1, 0.15) is 0 Å². The van der Waals surface area contributed by atoms with Crippen LogP contribution >= 0.6 is 0 Å². The Hall–Kier alpha value is -2.33. The molecule has 0 aromatic heterocycles. The number of carbonyl (C=O) groups excluding carboxylic acids is 1. The number of aliphatic hydroxyl groups excluding tert-OH is 1. The van der Waals surface area contributed by atoms with Crippen molar-refractivity contribution in [3.05, 3.63) is 72.5 Å². The second kappa shape index (κ2) is 13.8. The van der Waals surface area contributed by atoms with Crippen molar-refractivity contribution in [1.29, 1.82) is 0 Å². The Labute approximate surface area is 170 Å². The number of aryl methyl sites for hydroxylation is 1. The molecule has 1 amide bonds. The van der Waals surface area contributed by atoms with E-state index in [4.69, 9.17) is 0 Å². The van der Waals surface area contributed by atoms with Crippen LogP contribution < -0.4 is 10.6 Å². The van der Waals surface area contributed by atoms with Gasteiger partial charge in [0.05, 0.1) is 12.6 Å². The Morgan fingerprint density at radius 3 is 2.57 bits per heavy atom. The Morgan fingerprint density at radius 1 is 1.25 bits per heavy atom. The summed E-state index contributed by atoms with van der Waals surface area (Å²) >= 11 is 0. The Kier molecular flexibility index (Phi) is 11.7. The summed E-state index contributed by atoms with van der Waals surface area (Å²) in [5.74, 6) is 0.117. The molecule has 0 aliphatic carbocycles. The van der Waals surface area contributed by atoms with Crippen molar-refractivity contribution < 1.29 is 9.90 Å². The first kappa shape index (κ1) is 23.7. The lowest BCUT2D eigenvalue weighted by Gasteiger charge is -2.21. The van der Waals surface area contributed by atoms with Crippen molar-refractivity contribution in [2.45, 2.75) is 58.5 Å². The third kappa shape index (κ3) is 9.56. The van der Waals surface area contributed by atoms with Crippen molar-refractivity contribution in [2.24, 2.45) is 5.92 Å². The van der Waals surface area contributed by atoms with Gasteiger partial charge in [0.15, 0.2) is 0 Å². The molecule has 0 saturated heterocycles. The molecule has 4 nitrogen and oxygen atoms in total. The van der Waals surface area contributed by atoms with Gasteiger partial charge in [0.2, 0.25) is 5.91 Å². The molecule has 4 heteroatoms. The van der Waals surface area contributed by atoms with Crippen LogP contribution in [0.1, 0.15) is 45.6 Å². The topological polar surface area (TPSA) is 61.4 Å². The molecule has 0 fully saturated rings. The van der Waals surface area contributed by atoms with E-state index < -0.39 is 0 Å². The minimum atomic E-state index is -0.305. The maximum Gasteiger partial charge on any atom is 0.220 e. The van der Waals surface area contributed by atoms with E-state index in [1.807, 2.05) is 42.6 Å². The van der Waals surface area contributed by atoms with Gasteiger partial charge in [-0.15, -0.1) is 6.58 Å². The van der Waals surface area contributed by atoms with Crippen LogP contribution in [-0.4, -0.2) is 29.7 Å². The SMILES string of the molecule is C=CC(C)/C(=C\NC(C)/C=C\CC)CC(CO)NC(=O)CCc1ccccc1. The molecule has 0 heterocycles. The summed E-state index contributed by atoms with van der Waals surface area (Å²) in [5.41, 5.74) is 2.24. The molecule has 3 unspecified atom stereocenters. The highest BCUT2D eigenvalue weighted by Crippen LogP contribution is 2.17. The van der Waals surface area contributed by atoms with Gasteiger partial charge in [-0.2, -0.15) is 0 Å². The minimum Gasteiger partial charge on any atom is -0.394 e. The summed E-state index contributed by atoms with van der Waals surface area (Å²) < 4.78 is 0. The maximum atomic E-state index is 12.3. The highest BCUT2D eigenvalue weighted by atomic mass is 16.3. The van der Waals surface area contributed by atoms with E-state index in [-0.39, 0.29) is 30.5 Å². The minimum absolute atomic E-state index is 0.0410.